The summed E-state index contributed by atoms with van der Waals surface area (Å²) in [7, 11) is 1.39. The topological polar surface area (TPSA) is 72.2 Å². The normalized spacial score (nSPS) is 9.80. The van der Waals surface area contributed by atoms with Gasteiger partial charge < -0.3 is 5.32 Å². The Kier molecular flexibility index (Phi) is 3.49. The number of rotatable bonds is 2. The van der Waals surface area contributed by atoms with Crippen LogP contribution in [-0.4, -0.2) is 17.9 Å². The standard InChI is InChI=1S/C8H6Cl2N2O3/c1-11-8(13)5-2-4(12(14)15)3-6(9)7(5)10/h2-3H,1H3,(H,11,13). The fourth-order valence-corrected chi connectivity index (χ4v) is 1.39. The van der Waals surface area contributed by atoms with Crippen LogP contribution in [0.1, 0.15) is 10.4 Å². The number of carbonyl (C=O) groups is 1. The van der Waals surface area contributed by atoms with E-state index >= 15 is 0 Å². The summed E-state index contributed by atoms with van der Waals surface area (Å²) >= 11 is 11.4. The van der Waals surface area contributed by atoms with Gasteiger partial charge in [-0.15, -0.1) is 0 Å². The molecule has 0 unspecified atom stereocenters. The number of nitrogens with zero attached hydrogens (tertiary/aromatic N) is 1. The van der Waals surface area contributed by atoms with E-state index in [2.05, 4.69) is 5.32 Å². The summed E-state index contributed by atoms with van der Waals surface area (Å²) in [5, 5.41) is 12.8. The number of halogens is 2. The van der Waals surface area contributed by atoms with Crippen LogP contribution in [0.15, 0.2) is 12.1 Å². The Morgan fingerprint density at radius 2 is 2.07 bits per heavy atom. The van der Waals surface area contributed by atoms with Crippen molar-refractivity contribution in [2.45, 2.75) is 0 Å². The SMILES string of the molecule is CNC(=O)c1cc([N+](=O)[O-])cc(Cl)c1Cl. The van der Waals surface area contributed by atoms with Crippen LogP contribution in [0.4, 0.5) is 5.69 Å². The van der Waals surface area contributed by atoms with Crippen LogP contribution in [0, 0.1) is 10.1 Å². The molecule has 0 saturated carbocycles. The summed E-state index contributed by atoms with van der Waals surface area (Å²) in [6, 6.07) is 2.17. The van der Waals surface area contributed by atoms with Gasteiger partial charge in [-0.2, -0.15) is 0 Å². The minimum absolute atomic E-state index is 0.00150. The number of non-ortho nitro benzene ring substituents is 1. The maximum atomic E-state index is 11.3. The van der Waals surface area contributed by atoms with E-state index in [0.29, 0.717) is 0 Å². The average Bonchev–Trinajstić information content (AvgIpc) is 2.20. The van der Waals surface area contributed by atoms with Crippen molar-refractivity contribution >= 4 is 34.8 Å². The molecule has 0 atom stereocenters. The Balaban J connectivity index is 3.37. The Morgan fingerprint density at radius 3 is 2.53 bits per heavy atom. The monoisotopic (exact) mass is 248 g/mol. The molecule has 7 heteroatoms. The lowest BCUT2D eigenvalue weighted by Gasteiger charge is -2.04. The Hall–Kier alpha value is -1.33. The maximum Gasteiger partial charge on any atom is 0.271 e. The molecule has 1 aromatic rings. The van der Waals surface area contributed by atoms with Gasteiger partial charge in [-0.25, -0.2) is 0 Å². The van der Waals surface area contributed by atoms with Gasteiger partial charge >= 0.3 is 0 Å². The van der Waals surface area contributed by atoms with E-state index in [1.165, 1.54) is 7.05 Å². The molecule has 1 aromatic carbocycles. The Bertz CT molecular complexity index is 434. The first-order chi connectivity index (χ1) is 6.97. The van der Waals surface area contributed by atoms with Gasteiger partial charge in [0.15, 0.2) is 0 Å². The molecule has 0 fully saturated rings. The lowest BCUT2D eigenvalue weighted by Crippen LogP contribution is -2.18. The first kappa shape index (κ1) is 11.7. The molecule has 0 bridgehead atoms. The highest BCUT2D eigenvalue weighted by molar-refractivity contribution is 6.44. The number of carbonyl (C=O) groups excluding carboxylic acids is 1. The fraction of sp³-hybridized carbons (Fsp3) is 0.125. The molecule has 5 nitrogen and oxygen atoms in total. The van der Waals surface area contributed by atoms with Crippen molar-refractivity contribution in [2.24, 2.45) is 0 Å². The summed E-state index contributed by atoms with van der Waals surface area (Å²) in [5.74, 6) is -0.523. The summed E-state index contributed by atoms with van der Waals surface area (Å²) in [6.45, 7) is 0. The van der Waals surface area contributed by atoms with Crippen LogP contribution >= 0.6 is 23.2 Å². The quantitative estimate of drug-likeness (QED) is 0.645. The molecule has 0 aromatic heterocycles. The van der Waals surface area contributed by atoms with E-state index in [1.807, 2.05) is 0 Å². The fourth-order valence-electron chi connectivity index (χ4n) is 0.980. The highest BCUT2D eigenvalue weighted by atomic mass is 35.5. The molecule has 0 saturated heterocycles. The number of amides is 1. The lowest BCUT2D eigenvalue weighted by molar-refractivity contribution is -0.384. The molecule has 80 valence electrons. The van der Waals surface area contributed by atoms with E-state index in [1.54, 1.807) is 0 Å². The molecule has 1 amide bonds. The number of hydrogen-bond donors (Lipinski definition) is 1. The van der Waals surface area contributed by atoms with Gasteiger partial charge in [-0.05, 0) is 0 Å². The Labute approximate surface area is 95.1 Å². The molecular formula is C8H6Cl2N2O3. The van der Waals surface area contributed by atoms with Gasteiger partial charge in [0.2, 0.25) is 0 Å². The molecule has 0 spiro atoms. The van der Waals surface area contributed by atoms with Crippen molar-refractivity contribution in [1.29, 1.82) is 0 Å². The molecule has 1 rings (SSSR count). The third-order valence-electron chi connectivity index (χ3n) is 1.70. The van der Waals surface area contributed by atoms with Gasteiger partial charge in [0.05, 0.1) is 20.5 Å². The predicted molar refractivity (Wildman–Crippen MR) is 56.5 cm³/mol. The largest absolute Gasteiger partial charge is 0.355 e. The van der Waals surface area contributed by atoms with E-state index in [9.17, 15) is 14.9 Å². The van der Waals surface area contributed by atoms with Gasteiger partial charge in [-0.3, -0.25) is 14.9 Å². The maximum absolute atomic E-state index is 11.3. The Morgan fingerprint density at radius 1 is 1.47 bits per heavy atom. The van der Waals surface area contributed by atoms with Crippen molar-refractivity contribution in [2.75, 3.05) is 7.05 Å². The minimum atomic E-state index is -0.644. The van der Waals surface area contributed by atoms with Gasteiger partial charge in [-0.1, -0.05) is 23.2 Å². The number of nitro groups is 1. The second kappa shape index (κ2) is 4.46. The van der Waals surface area contributed by atoms with Crippen LogP contribution in [-0.2, 0) is 0 Å². The first-order valence-corrected chi connectivity index (χ1v) is 4.58. The zero-order chi connectivity index (χ0) is 11.6. The highest BCUT2D eigenvalue weighted by Gasteiger charge is 2.18. The molecule has 15 heavy (non-hydrogen) atoms. The van der Waals surface area contributed by atoms with Crippen LogP contribution in [0.25, 0.3) is 0 Å². The molecule has 1 N–H and O–H groups in total. The molecule has 0 heterocycles. The van der Waals surface area contributed by atoms with E-state index in [4.69, 9.17) is 23.2 Å². The van der Waals surface area contributed by atoms with Crippen LogP contribution in [0.5, 0.6) is 0 Å². The second-order valence-corrected chi connectivity index (χ2v) is 3.41. The van der Waals surface area contributed by atoms with Gasteiger partial charge in [0.25, 0.3) is 11.6 Å². The van der Waals surface area contributed by atoms with Crippen LogP contribution in [0.3, 0.4) is 0 Å². The number of hydrogen-bond acceptors (Lipinski definition) is 3. The molecular weight excluding hydrogens is 243 g/mol. The van der Waals surface area contributed by atoms with Crippen molar-refractivity contribution in [3.05, 3.63) is 37.9 Å². The zero-order valence-electron chi connectivity index (χ0n) is 7.58. The molecule has 0 aliphatic rings. The van der Waals surface area contributed by atoms with E-state index in [0.717, 1.165) is 12.1 Å². The van der Waals surface area contributed by atoms with Crippen LogP contribution < -0.4 is 5.32 Å². The van der Waals surface area contributed by atoms with E-state index in [-0.39, 0.29) is 21.3 Å². The zero-order valence-corrected chi connectivity index (χ0v) is 9.09. The van der Waals surface area contributed by atoms with Crippen molar-refractivity contribution in [3.8, 4) is 0 Å². The number of nitro benzene ring substituents is 1. The minimum Gasteiger partial charge on any atom is -0.355 e. The van der Waals surface area contributed by atoms with Gasteiger partial charge in [0.1, 0.15) is 0 Å². The molecule has 0 radical (unpaired) electrons. The smallest absolute Gasteiger partial charge is 0.271 e. The molecule has 0 aliphatic heterocycles. The van der Waals surface area contributed by atoms with Crippen molar-refractivity contribution in [1.82, 2.24) is 5.32 Å². The summed E-state index contributed by atoms with van der Waals surface area (Å²) < 4.78 is 0. The third kappa shape index (κ3) is 2.37. The van der Waals surface area contributed by atoms with Crippen LogP contribution in [0.2, 0.25) is 10.0 Å². The second-order valence-electron chi connectivity index (χ2n) is 2.63. The van der Waals surface area contributed by atoms with Crippen molar-refractivity contribution < 1.29 is 9.72 Å². The van der Waals surface area contributed by atoms with E-state index < -0.39 is 10.8 Å². The molecule has 0 aliphatic carbocycles. The summed E-state index contributed by atoms with van der Waals surface area (Å²) in [5.41, 5.74) is -0.290. The highest BCUT2D eigenvalue weighted by Crippen LogP contribution is 2.30. The summed E-state index contributed by atoms with van der Waals surface area (Å²) in [6.07, 6.45) is 0. The third-order valence-corrected chi connectivity index (χ3v) is 2.50. The lowest BCUT2D eigenvalue weighted by atomic mass is 10.2. The van der Waals surface area contributed by atoms with Gasteiger partial charge in [0, 0.05) is 19.2 Å². The predicted octanol–water partition coefficient (Wildman–Crippen LogP) is 2.26. The number of nitrogens with one attached hydrogen (secondary N) is 1. The average molecular weight is 249 g/mol. The number of benzene rings is 1. The summed E-state index contributed by atoms with van der Waals surface area (Å²) in [4.78, 5) is 21.1. The first-order valence-electron chi connectivity index (χ1n) is 3.83. The van der Waals surface area contributed by atoms with Crippen molar-refractivity contribution in [3.63, 3.8) is 0 Å².